The Morgan fingerprint density at radius 3 is 1.86 bits per heavy atom. The minimum atomic E-state index is -1.61. The lowest BCUT2D eigenvalue weighted by molar-refractivity contribution is 0.428. The molecule has 5 heteroatoms. The molecule has 0 aromatic heterocycles. The summed E-state index contributed by atoms with van der Waals surface area (Å²) in [5.41, 5.74) is -0.970. The Kier molecular flexibility index (Phi) is 7.69. The van der Waals surface area contributed by atoms with Gasteiger partial charge in [0.25, 0.3) is 0 Å². The van der Waals surface area contributed by atoms with Gasteiger partial charge in [-0.1, -0.05) is 45.4 Å². The molecular weight excluding hydrogens is 294 g/mol. The van der Waals surface area contributed by atoms with Gasteiger partial charge in [0, 0.05) is 19.2 Å². The molecule has 0 unspecified atom stereocenters. The summed E-state index contributed by atoms with van der Waals surface area (Å²) in [4.78, 5) is 1.33. The van der Waals surface area contributed by atoms with Crippen LogP contribution in [-0.4, -0.2) is 13.6 Å². The minimum Gasteiger partial charge on any atom is -0.370 e. The van der Waals surface area contributed by atoms with Crippen molar-refractivity contribution in [3.63, 3.8) is 0 Å². The molecule has 22 heavy (non-hydrogen) atoms. The Morgan fingerprint density at radius 1 is 0.727 bits per heavy atom. The molecule has 1 rings (SSSR count). The van der Waals surface area contributed by atoms with Crippen LogP contribution in [0.1, 0.15) is 57.4 Å². The SMILES string of the molecule is CCCCCCCCCN(C)c1c(F)c(C)c(F)c(F)c1F. The average Bonchev–Trinajstić information content (AvgIpc) is 2.50. The Bertz CT molecular complexity index is 459. The molecule has 0 aliphatic heterocycles. The Labute approximate surface area is 130 Å². The van der Waals surface area contributed by atoms with Gasteiger partial charge in [-0.15, -0.1) is 0 Å². The van der Waals surface area contributed by atoms with Gasteiger partial charge in [0.2, 0.25) is 0 Å². The molecule has 0 saturated heterocycles. The summed E-state index contributed by atoms with van der Waals surface area (Å²) in [6, 6.07) is 0. The standard InChI is InChI=1S/C17H25F4N/c1-4-5-6-7-8-9-10-11-22(3)17-14(19)12(2)13(18)15(20)16(17)21/h4-11H2,1-3H3. The number of rotatable bonds is 9. The number of nitrogens with zero attached hydrogens (tertiary/aromatic N) is 1. The highest BCUT2D eigenvalue weighted by Crippen LogP contribution is 2.30. The Hall–Kier alpha value is -1.26. The third kappa shape index (κ3) is 4.62. The summed E-state index contributed by atoms with van der Waals surface area (Å²) in [7, 11) is 1.50. The van der Waals surface area contributed by atoms with Crippen molar-refractivity contribution in [1.82, 2.24) is 0 Å². The highest BCUT2D eigenvalue weighted by Gasteiger charge is 2.25. The Balaban J connectivity index is 2.58. The first kappa shape index (κ1) is 18.8. The first-order valence-electron chi connectivity index (χ1n) is 7.95. The monoisotopic (exact) mass is 319 g/mol. The fourth-order valence-electron chi connectivity index (χ4n) is 2.49. The van der Waals surface area contributed by atoms with Gasteiger partial charge < -0.3 is 4.90 Å². The minimum absolute atomic E-state index is 0.409. The van der Waals surface area contributed by atoms with E-state index in [4.69, 9.17) is 0 Å². The van der Waals surface area contributed by atoms with Gasteiger partial charge in [0.05, 0.1) is 0 Å². The molecule has 126 valence electrons. The second kappa shape index (κ2) is 9.01. The van der Waals surface area contributed by atoms with Crippen LogP contribution in [0.2, 0.25) is 0 Å². The largest absolute Gasteiger partial charge is 0.370 e. The number of hydrogen-bond donors (Lipinski definition) is 0. The van der Waals surface area contributed by atoms with Crippen LogP contribution in [0, 0.1) is 30.2 Å². The first-order chi connectivity index (χ1) is 10.4. The Morgan fingerprint density at radius 2 is 1.27 bits per heavy atom. The van der Waals surface area contributed by atoms with Crippen LogP contribution >= 0.6 is 0 Å². The van der Waals surface area contributed by atoms with Gasteiger partial charge in [-0.25, -0.2) is 17.6 Å². The maximum Gasteiger partial charge on any atom is 0.197 e. The van der Waals surface area contributed by atoms with Crippen molar-refractivity contribution < 1.29 is 17.6 Å². The molecule has 0 aliphatic carbocycles. The predicted octanol–water partition coefficient (Wildman–Crippen LogP) is 5.74. The number of hydrogen-bond acceptors (Lipinski definition) is 1. The summed E-state index contributed by atoms with van der Waals surface area (Å²) in [5, 5.41) is 0. The molecule has 1 aromatic carbocycles. The lowest BCUT2D eigenvalue weighted by Gasteiger charge is -2.22. The summed E-state index contributed by atoms with van der Waals surface area (Å²) >= 11 is 0. The summed E-state index contributed by atoms with van der Waals surface area (Å²) in [6.07, 6.45) is 7.58. The van der Waals surface area contributed by atoms with Crippen LogP contribution in [0.3, 0.4) is 0 Å². The van der Waals surface area contributed by atoms with Crippen molar-refractivity contribution in [3.05, 3.63) is 28.8 Å². The molecule has 0 saturated carbocycles. The van der Waals surface area contributed by atoms with Crippen LogP contribution in [-0.2, 0) is 0 Å². The molecule has 1 aromatic rings. The van der Waals surface area contributed by atoms with E-state index in [9.17, 15) is 17.6 Å². The molecule has 1 nitrogen and oxygen atoms in total. The van der Waals surface area contributed by atoms with E-state index in [1.165, 1.54) is 31.2 Å². The van der Waals surface area contributed by atoms with E-state index in [0.29, 0.717) is 6.54 Å². The van der Waals surface area contributed by atoms with Gasteiger partial charge in [0.1, 0.15) is 5.69 Å². The van der Waals surface area contributed by atoms with E-state index in [1.54, 1.807) is 0 Å². The van der Waals surface area contributed by atoms with Crippen molar-refractivity contribution in [2.45, 2.75) is 58.8 Å². The predicted molar refractivity (Wildman–Crippen MR) is 82.3 cm³/mol. The lowest BCUT2D eigenvalue weighted by atomic mass is 10.1. The van der Waals surface area contributed by atoms with Crippen LogP contribution in [0.4, 0.5) is 23.2 Å². The summed E-state index contributed by atoms with van der Waals surface area (Å²) < 4.78 is 54.4. The molecule has 0 amide bonds. The van der Waals surface area contributed by atoms with Crippen LogP contribution in [0.25, 0.3) is 0 Å². The maximum absolute atomic E-state index is 14.0. The highest BCUT2D eigenvalue weighted by molar-refractivity contribution is 5.51. The van der Waals surface area contributed by atoms with Gasteiger partial charge in [-0.3, -0.25) is 0 Å². The molecule has 0 radical (unpaired) electrons. The zero-order valence-corrected chi connectivity index (χ0v) is 13.6. The van der Waals surface area contributed by atoms with Gasteiger partial charge in [0.15, 0.2) is 23.3 Å². The number of halogens is 4. The van der Waals surface area contributed by atoms with Crippen LogP contribution in [0.15, 0.2) is 0 Å². The zero-order chi connectivity index (χ0) is 16.7. The van der Waals surface area contributed by atoms with Crippen LogP contribution in [0.5, 0.6) is 0 Å². The second-order valence-corrected chi connectivity index (χ2v) is 5.77. The van der Waals surface area contributed by atoms with E-state index < -0.39 is 34.5 Å². The average molecular weight is 319 g/mol. The van der Waals surface area contributed by atoms with Crippen molar-refractivity contribution in [2.75, 3.05) is 18.5 Å². The quantitative estimate of drug-likeness (QED) is 0.243. The van der Waals surface area contributed by atoms with Gasteiger partial charge in [-0.05, 0) is 13.3 Å². The molecule has 0 heterocycles. The fourth-order valence-corrected chi connectivity index (χ4v) is 2.49. The third-order valence-electron chi connectivity index (χ3n) is 3.94. The smallest absolute Gasteiger partial charge is 0.197 e. The number of benzene rings is 1. The third-order valence-corrected chi connectivity index (χ3v) is 3.94. The van der Waals surface area contributed by atoms with Gasteiger partial charge in [-0.2, -0.15) is 0 Å². The number of anilines is 1. The highest BCUT2D eigenvalue weighted by atomic mass is 19.2. The van der Waals surface area contributed by atoms with Crippen molar-refractivity contribution in [2.24, 2.45) is 0 Å². The van der Waals surface area contributed by atoms with E-state index in [0.717, 1.165) is 32.6 Å². The normalized spacial score (nSPS) is 11.0. The molecule has 0 fully saturated rings. The van der Waals surface area contributed by atoms with Crippen molar-refractivity contribution in [3.8, 4) is 0 Å². The first-order valence-corrected chi connectivity index (χ1v) is 7.95. The molecule has 0 N–H and O–H groups in total. The van der Waals surface area contributed by atoms with Crippen molar-refractivity contribution in [1.29, 1.82) is 0 Å². The molecule has 0 spiro atoms. The van der Waals surface area contributed by atoms with E-state index >= 15 is 0 Å². The lowest BCUT2D eigenvalue weighted by Crippen LogP contribution is -2.23. The zero-order valence-electron chi connectivity index (χ0n) is 13.6. The fraction of sp³-hybridized carbons (Fsp3) is 0.647. The topological polar surface area (TPSA) is 3.24 Å². The van der Waals surface area contributed by atoms with Crippen LogP contribution < -0.4 is 4.90 Å². The van der Waals surface area contributed by atoms with E-state index in [2.05, 4.69) is 6.92 Å². The van der Waals surface area contributed by atoms with Gasteiger partial charge >= 0.3 is 0 Å². The molecular formula is C17H25F4N. The van der Waals surface area contributed by atoms with E-state index in [1.807, 2.05) is 0 Å². The summed E-state index contributed by atoms with van der Waals surface area (Å²) in [5.74, 6) is -5.55. The van der Waals surface area contributed by atoms with E-state index in [-0.39, 0.29) is 0 Å². The molecule has 0 atom stereocenters. The molecule has 0 bridgehead atoms. The number of unbranched alkanes of at least 4 members (excludes halogenated alkanes) is 6. The maximum atomic E-state index is 14.0. The molecule has 0 aliphatic rings. The second-order valence-electron chi connectivity index (χ2n) is 5.77. The summed E-state index contributed by atoms with van der Waals surface area (Å²) in [6.45, 7) is 3.67. The van der Waals surface area contributed by atoms with Crippen molar-refractivity contribution >= 4 is 5.69 Å².